The van der Waals surface area contributed by atoms with Crippen LogP contribution in [-0.2, 0) is 14.0 Å². The zero-order valence-corrected chi connectivity index (χ0v) is 18.9. The van der Waals surface area contributed by atoms with Crippen LogP contribution in [0.15, 0.2) is 15.8 Å². The molecule has 152 valence electrons. The highest BCUT2D eigenvalue weighted by atomic mass is 32.2. The maximum Gasteiger partial charge on any atom is 0.330 e. The van der Waals surface area contributed by atoms with Gasteiger partial charge >= 0.3 is 5.69 Å². The number of thioether (sulfide) groups is 1. The normalized spacial score (nSPS) is 23.6. The van der Waals surface area contributed by atoms with Crippen LogP contribution < -0.4 is 11.2 Å². The molecule has 2 rings (SSSR count). The van der Waals surface area contributed by atoms with Gasteiger partial charge in [0.1, 0.15) is 6.23 Å². The SMILES string of the molecule is CC(=O)SC[C@H]1O[C@@H](n2cc(C)c(=O)[nH]c2=O)C[C@@H]1O[Si](C)(C)C(C)(C)C. The van der Waals surface area contributed by atoms with Crippen LogP contribution >= 0.6 is 11.8 Å². The number of nitrogens with zero attached hydrogens (tertiary/aromatic N) is 1. The molecule has 1 aromatic rings. The second-order valence-electron chi connectivity index (χ2n) is 8.56. The molecule has 1 aliphatic heterocycles. The van der Waals surface area contributed by atoms with Crippen LogP contribution in [0, 0.1) is 6.92 Å². The van der Waals surface area contributed by atoms with Crippen molar-refractivity contribution in [3.63, 3.8) is 0 Å². The van der Waals surface area contributed by atoms with E-state index in [1.165, 1.54) is 29.4 Å². The number of rotatable bonds is 5. The molecular weight excluding hydrogens is 384 g/mol. The van der Waals surface area contributed by atoms with Crippen LogP contribution in [0.5, 0.6) is 0 Å². The smallest absolute Gasteiger partial charge is 0.330 e. The highest BCUT2D eigenvalue weighted by Gasteiger charge is 2.45. The van der Waals surface area contributed by atoms with Crippen molar-refractivity contribution in [3.05, 3.63) is 32.6 Å². The molecule has 1 aromatic heterocycles. The molecule has 3 atom stereocenters. The number of carbonyl (C=O) groups is 1. The average molecular weight is 415 g/mol. The monoisotopic (exact) mass is 414 g/mol. The van der Waals surface area contributed by atoms with E-state index in [0.717, 1.165) is 0 Å². The van der Waals surface area contributed by atoms with Gasteiger partial charge < -0.3 is 9.16 Å². The first-order chi connectivity index (χ1) is 12.3. The van der Waals surface area contributed by atoms with E-state index in [-0.39, 0.29) is 22.4 Å². The largest absolute Gasteiger partial charge is 0.411 e. The summed E-state index contributed by atoms with van der Waals surface area (Å²) in [6.07, 6.45) is 0.996. The molecule has 1 aliphatic rings. The third-order valence-corrected chi connectivity index (χ3v) is 10.7. The van der Waals surface area contributed by atoms with E-state index in [0.29, 0.717) is 17.7 Å². The lowest BCUT2D eigenvalue weighted by molar-refractivity contribution is -0.109. The molecule has 0 spiro atoms. The minimum Gasteiger partial charge on any atom is -0.411 e. The molecule has 0 unspecified atom stereocenters. The molecule has 0 aromatic carbocycles. The van der Waals surface area contributed by atoms with Crippen LogP contribution in [0.1, 0.15) is 45.9 Å². The number of aromatic amines is 1. The van der Waals surface area contributed by atoms with Gasteiger partial charge in [-0.05, 0) is 25.1 Å². The van der Waals surface area contributed by atoms with Crippen molar-refractivity contribution in [2.24, 2.45) is 0 Å². The third-order valence-electron chi connectivity index (χ3n) is 5.34. The van der Waals surface area contributed by atoms with Crippen molar-refractivity contribution < 1.29 is 14.0 Å². The lowest BCUT2D eigenvalue weighted by Crippen LogP contribution is -2.46. The highest BCUT2D eigenvalue weighted by molar-refractivity contribution is 8.13. The Bertz CT molecular complexity index is 811. The highest BCUT2D eigenvalue weighted by Crippen LogP contribution is 2.41. The van der Waals surface area contributed by atoms with Crippen molar-refractivity contribution in [2.75, 3.05) is 5.75 Å². The maximum absolute atomic E-state index is 12.2. The minimum atomic E-state index is -2.05. The zero-order chi connectivity index (χ0) is 20.6. The molecule has 1 N–H and O–H groups in total. The molecule has 0 amide bonds. The first-order valence-electron chi connectivity index (χ1n) is 9.10. The van der Waals surface area contributed by atoms with Gasteiger partial charge in [0, 0.05) is 30.9 Å². The van der Waals surface area contributed by atoms with E-state index >= 15 is 0 Å². The summed E-state index contributed by atoms with van der Waals surface area (Å²) in [5.41, 5.74) is -0.449. The summed E-state index contributed by atoms with van der Waals surface area (Å²) in [5.74, 6) is 0.474. The predicted molar refractivity (Wildman–Crippen MR) is 110 cm³/mol. The van der Waals surface area contributed by atoms with Crippen molar-refractivity contribution in [2.45, 2.75) is 77.6 Å². The summed E-state index contributed by atoms with van der Waals surface area (Å²) in [7, 11) is -2.05. The Labute approximate surface area is 165 Å². The summed E-state index contributed by atoms with van der Waals surface area (Å²) < 4.78 is 14.1. The fraction of sp³-hybridized carbons (Fsp3) is 0.722. The summed E-state index contributed by atoms with van der Waals surface area (Å²) in [6, 6.07) is 0. The molecule has 1 fully saturated rings. The van der Waals surface area contributed by atoms with Gasteiger partial charge in [-0.15, -0.1) is 0 Å². The Morgan fingerprint density at radius 1 is 1.41 bits per heavy atom. The summed E-state index contributed by atoms with van der Waals surface area (Å²) in [4.78, 5) is 37.6. The summed E-state index contributed by atoms with van der Waals surface area (Å²) >= 11 is 1.20. The Morgan fingerprint density at radius 2 is 2.04 bits per heavy atom. The van der Waals surface area contributed by atoms with Crippen LogP contribution in [0.4, 0.5) is 0 Å². The lowest BCUT2D eigenvalue weighted by atomic mass is 10.2. The predicted octanol–water partition coefficient (Wildman–Crippen LogP) is 2.80. The molecule has 0 radical (unpaired) electrons. The van der Waals surface area contributed by atoms with Crippen molar-refractivity contribution >= 4 is 25.2 Å². The van der Waals surface area contributed by atoms with Gasteiger partial charge in [0.25, 0.3) is 5.56 Å². The second kappa shape index (κ2) is 8.06. The first-order valence-corrected chi connectivity index (χ1v) is 13.0. The van der Waals surface area contributed by atoms with E-state index in [2.05, 4.69) is 38.8 Å². The third kappa shape index (κ3) is 5.22. The van der Waals surface area contributed by atoms with Gasteiger partial charge in [0.2, 0.25) is 0 Å². The number of hydrogen-bond acceptors (Lipinski definition) is 6. The first kappa shape index (κ1) is 22.1. The Morgan fingerprint density at radius 3 is 2.59 bits per heavy atom. The number of carbonyl (C=O) groups excluding carboxylic acids is 1. The van der Waals surface area contributed by atoms with E-state index in [9.17, 15) is 14.4 Å². The molecular formula is C18H30N2O5SSi. The Kier molecular flexibility index (Phi) is 6.61. The van der Waals surface area contributed by atoms with Gasteiger partial charge in [0.15, 0.2) is 13.4 Å². The van der Waals surface area contributed by atoms with Gasteiger partial charge in [-0.3, -0.25) is 19.1 Å². The number of ether oxygens (including phenoxy) is 1. The van der Waals surface area contributed by atoms with Crippen molar-refractivity contribution in [3.8, 4) is 0 Å². The summed E-state index contributed by atoms with van der Waals surface area (Å²) in [5, 5.41) is 0.0552. The molecule has 9 heteroatoms. The van der Waals surface area contributed by atoms with Gasteiger partial charge in [-0.1, -0.05) is 32.5 Å². The fourth-order valence-corrected chi connectivity index (χ4v) is 4.75. The van der Waals surface area contributed by atoms with Gasteiger partial charge in [-0.2, -0.15) is 0 Å². The van der Waals surface area contributed by atoms with Crippen LogP contribution in [0.25, 0.3) is 0 Å². The number of aromatic nitrogens is 2. The number of H-pyrrole nitrogens is 1. The minimum absolute atomic E-state index is 0.0187. The van der Waals surface area contributed by atoms with Crippen LogP contribution in [0.2, 0.25) is 18.1 Å². The van der Waals surface area contributed by atoms with Crippen molar-refractivity contribution in [1.29, 1.82) is 0 Å². The standard InChI is InChI=1S/C18H30N2O5SSi/c1-11-9-20(17(23)19-16(11)22)15-8-13(14(24-15)10-26-12(2)21)25-27(6,7)18(3,4)5/h9,13-15H,8,10H2,1-7H3,(H,19,22,23)/t13-,14+,15+/m0/s1. The molecule has 27 heavy (non-hydrogen) atoms. The Hall–Kier alpha value is -1.16. The van der Waals surface area contributed by atoms with Gasteiger partial charge in [0.05, 0.1) is 12.2 Å². The molecule has 0 bridgehead atoms. The average Bonchev–Trinajstić information content (AvgIpc) is 2.89. The lowest BCUT2D eigenvalue weighted by Gasteiger charge is -2.39. The number of nitrogens with one attached hydrogen (secondary N) is 1. The zero-order valence-electron chi connectivity index (χ0n) is 17.1. The van der Waals surface area contributed by atoms with Crippen molar-refractivity contribution in [1.82, 2.24) is 9.55 Å². The van der Waals surface area contributed by atoms with Crippen LogP contribution in [-0.4, -0.2) is 40.9 Å². The number of aryl methyl sites for hydroxylation is 1. The van der Waals surface area contributed by atoms with E-state index in [4.69, 9.17) is 9.16 Å². The van der Waals surface area contributed by atoms with E-state index < -0.39 is 25.8 Å². The summed E-state index contributed by atoms with van der Waals surface area (Å²) in [6.45, 7) is 14.0. The van der Waals surface area contributed by atoms with Gasteiger partial charge in [-0.25, -0.2) is 4.79 Å². The number of hydrogen-bond donors (Lipinski definition) is 1. The molecule has 7 nitrogen and oxygen atoms in total. The molecule has 2 heterocycles. The Balaban J connectivity index is 2.29. The molecule has 0 saturated carbocycles. The molecule has 0 aliphatic carbocycles. The fourth-order valence-electron chi connectivity index (χ4n) is 2.70. The maximum atomic E-state index is 12.2. The van der Waals surface area contributed by atoms with E-state index in [1.54, 1.807) is 6.92 Å². The van der Waals surface area contributed by atoms with Crippen LogP contribution in [0.3, 0.4) is 0 Å². The topological polar surface area (TPSA) is 90.4 Å². The second-order valence-corrected chi connectivity index (χ2v) is 14.5. The molecule has 1 saturated heterocycles. The quantitative estimate of drug-likeness (QED) is 0.745. The van der Waals surface area contributed by atoms with E-state index in [1.807, 2.05) is 0 Å².